The molecule has 0 bridgehead atoms. The average Bonchev–Trinajstić information content (AvgIpc) is 2.10. The van der Waals surface area contributed by atoms with Crippen molar-refractivity contribution in [3.8, 4) is 11.8 Å². The summed E-state index contributed by atoms with van der Waals surface area (Å²) in [6, 6.07) is 0. The van der Waals surface area contributed by atoms with Crippen molar-refractivity contribution >= 4 is 11.9 Å². The standard InChI is InChI=1S/C10H12O4/c1-3-7(5-6-9(11)12)8(4-2)10(13)14/h3-4H2,1-2H3,(H,11,12)(H,13,14). The molecule has 0 saturated carbocycles. The van der Waals surface area contributed by atoms with Crippen LogP contribution in [0, 0.1) is 11.8 Å². The van der Waals surface area contributed by atoms with Gasteiger partial charge < -0.3 is 10.2 Å². The van der Waals surface area contributed by atoms with Crippen LogP contribution in [0.3, 0.4) is 0 Å². The molecule has 0 amide bonds. The molecule has 0 rings (SSSR count). The molecule has 4 nitrogen and oxygen atoms in total. The molecule has 0 aromatic carbocycles. The van der Waals surface area contributed by atoms with Crippen molar-refractivity contribution in [3.63, 3.8) is 0 Å². The predicted octanol–water partition coefficient (Wildman–Crippen LogP) is 1.28. The Balaban J connectivity index is 5.12. The van der Waals surface area contributed by atoms with Gasteiger partial charge in [-0.2, -0.15) is 0 Å². The molecule has 0 fully saturated rings. The Morgan fingerprint density at radius 2 is 1.64 bits per heavy atom. The minimum Gasteiger partial charge on any atom is -0.478 e. The Kier molecular flexibility index (Phi) is 5.08. The van der Waals surface area contributed by atoms with Crippen LogP contribution in [-0.4, -0.2) is 22.2 Å². The molecule has 0 atom stereocenters. The first-order chi connectivity index (χ1) is 6.52. The highest BCUT2D eigenvalue weighted by Crippen LogP contribution is 2.11. The van der Waals surface area contributed by atoms with Crippen LogP contribution in [-0.2, 0) is 9.59 Å². The maximum absolute atomic E-state index is 10.7. The van der Waals surface area contributed by atoms with Crippen molar-refractivity contribution in [2.45, 2.75) is 26.7 Å². The number of hydrogen-bond donors (Lipinski definition) is 2. The molecule has 0 aromatic heterocycles. The lowest BCUT2D eigenvalue weighted by atomic mass is 10.0. The molecule has 0 spiro atoms. The van der Waals surface area contributed by atoms with Gasteiger partial charge in [-0.3, -0.25) is 0 Å². The van der Waals surface area contributed by atoms with Crippen molar-refractivity contribution in [1.29, 1.82) is 0 Å². The lowest BCUT2D eigenvalue weighted by molar-refractivity contribution is -0.133. The minimum absolute atomic E-state index is 0.182. The van der Waals surface area contributed by atoms with Gasteiger partial charge in [-0.1, -0.05) is 19.8 Å². The molecule has 0 unspecified atom stereocenters. The molecule has 0 saturated heterocycles. The number of hydrogen-bond acceptors (Lipinski definition) is 2. The second-order valence-corrected chi connectivity index (χ2v) is 2.52. The third-order valence-electron chi connectivity index (χ3n) is 1.65. The average molecular weight is 196 g/mol. The minimum atomic E-state index is -1.25. The van der Waals surface area contributed by atoms with Gasteiger partial charge in [0.05, 0.1) is 0 Å². The Labute approximate surface area is 82.2 Å². The summed E-state index contributed by atoms with van der Waals surface area (Å²) in [7, 11) is 0. The van der Waals surface area contributed by atoms with E-state index in [0.717, 1.165) is 0 Å². The second-order valence-electron chi connectivity index (χ2n) is 2.52. The Morgan fingerprint density at radius 1 is 1.07 bits per heavy atom. The quantitative estimate of drug-likeness (QED) is 0.526. The molecular formula is C10H12O4. The summed E-state index contributed by atoms with van der Waals surface area (Å²) in [5.74, 6) is 1.97. The van der Waals surface area contributed by atoms with Crippen LogP contribution >= 0.6 is 0 Å². The summed E-state index contributed by atoms with van der Waals surface area (Å²) in [5, 5.41) is 17.1. The fraction of sp³-hybridized carbons (Fsp3) is 0.400. The summed E-state index contributed by atoms with van der Waals surface area (Å²) in [6.07, 6.45) is 0.766. The molecule has 2 N–H and O–H groups in total. The normalized spacial score (nSPS) is 11.0. The van der Waals surface area contributed by atoms with Gasteiger partial charge in [-0.05, 0) is 12.8 Å². The summed E-state index contributed by atoms with van der Waals surface area (Å²) in [5.41, 5.74) is 0.559. The molecule has 4 heteroatoms. The van der Waals surface area contributed by atoms with Gasteiger partial charge in [-0.25, -0.2) is 9.59 Å². The zero-order valence-corrected chi connectivity index (χ0v) is 8.13. The van der Waals surface area contributed by atoms with E-state index in [-0.39, 0.29) is 5.57 Å². The van der Waals surface area contributed by atoms with Gasteiger partial charge in [0.2, 0.25) is 0 Å². The second kappa shape index (κ2) is 5.81. The maximum Gasteiger partial charge on any atom is 0.382 e. The number of allylic oxidation sites excluding steroid dienone is 1. The highest BCUT2D eigenvalue weighted by Gasteiger charge is 2.09. The summed E-state index contributed by atoms with van der Waals surface area (Å²) in [4.78, 5) is 20.9. The lowest BCUT2D eigenvalue weighted by Gasteiger charge is -2.01. The van der Waals surface area contributed by atoms with Crippen molar-refractivity contribution in [2.75, 3.05) is 0 Å². The molecule has 0 aromatic rings. The van der Waals surface area contributed by atoms with Crippen LogP contribution < -0.4 is 0 Å². The smallest absolute Gasteiger partial charge is 0.382 e. The van der Waals surface area contributed by atoms with E-state index in [0.29, 0.717) is 18.4 Å². The van der Waals surface area contributed by atoms with Crippen molar-refractivity contribution in [3.05, 3.63) is 11.1 Å². The largest absolute Gasteiger partial charge is 0.478 e. The van der Waals surface area contributed by atoms with Gasteiger partial charge in [0, 0.05) is 17.1 Å². The molecule has 14 heavy (non-hydrogen) atoms. The monoisotopic (exact) mass is 196 g/mol. The van der Waals surface area contributed by atoms with E-state index in [1.807, 2.05) is 5.92 Å². The number of rotatable bonds is 3. The summed E-state index contributed by atoms with van der Waals surface area (Å²) in [6.45, 7) is 3.44. The molecular weight excluding hydrogens is 184 g/mol. The van der Waals surface area contributed by atoms with Gasteiger partial charge in [-0.15, -0.1) is 0 Å². The van der Waals surface area contributed by atoms with Gasteiger partial charge in [0.15, 0.2) is 0 Å². The Bertz CT molecular complexity index is 328. The van der Waals surface area contributed by atoms with Crippen LogP contribution in [0.1, 0.15) is 26.7 Å². The highest BCUT2D eigenvalue weighted by atomic mass is 16.4. The first-order valence-electron chi connectivity index (χ1n) is 4.23. The van der Waals surface area contributed by atoms with E-state index in [9.17, 15) is 9.59 Å². The van der Waals surface area contributed by atoms with Gasteiger partial charge in [0.25, 0.3) is 0 Å². The number of carboxylic acids is 2. The molecule has 0 radical (unpaired) electrons. The fourth-order valence-electron chi connectivity index (χ4n) is 1.000. The van der Waals surface area contributed by atoms with Crippen molar-refractivity contribution < 1.29 is 19.8 Å². The molecule has 76 valence electrons. The summed E-state index contributed by atoms with van der Waals surface area (Å²) >= 11 is 0. The van der Waals surface area contributed by atoms with Crippen LogP contribution in [0.2, 0.25) is 0 Å². The van der Waals surface area contributed by atoms with Crippen LogP contribution in [0.5, 0.6) is 0 Å². The summed E-state index contributed by atoms with van der Waals surface area (Å²) < 4.78 is 0. The first kappa shape index (κ1) is 12.2. The van der Waals surface area contributed by atoms with Crippen LogP contribution in [0.25, 0.3) is 0 Å². The zero-order valence-electron chi connectivity index (χ0n) is 8.13. The third-order valence-corrected chi connectivity index (χ3v) is 1.65. The molecule has 0 aliphatic carbocycles. The maximum atomic E-state index is 10.7. The highest BCUT2D eigenvalue weighted by molar-refractivity contribution is 5.90. The van der Waals surface area contributed by atoms with Crippen molar-refractivity contribution in [2.24, 2.45) is 0 Å². The third kappa shape index (κ3) is 3.76. The molecule has 0 aliphatic rings. The van der Waals surface area contributed by atoms with E-state index in [1.165, 1.54) is 0 Å². The number of carboxylic acid groups (broad SMARTS) is 2. The molecule has 0 aliphatic heterocycles. The molecule has 0 heterocycles. The van der Waals surface area contributed by atoms with E-state index >= 15 is 0 Å². The first-order valence-corrected chi connectivity index (χ1v) is 4.23. The number of carbonyl (C=O) groups is 2. The van der Waals surface area contributed by atoms with Crippen molar-refractivity contribution in [1.82, 2.24) is 0 Å². The van der Waals surface area contributed by atoms with E-state index in [1.54, 1.807) is 13.8 Å². The zero-order chi connectivity index (χ0) is 11.1. The topological polar surface area (TPSA) is 74.6 Å². The van der Waals surface area contributed by atoms with Crippen LogP contribution in [0.4, 0.5) is 0 Å². The van der Waals surface area contributed by atoms with E-state index in [4.69, 9.17) is 10.2 Å². The van der Waals surface area contributed by atoms with Gasteiger partial charge >= 0.3 is 11.9 Å². The van der Waals surface area contributed by atoms with Gasteiger partial charge in [0.1, 0.15) is 0 Å². The predicted molar refractivity (Wildman–Crippen MR) is 50.7 cm³/mol. The SMILES string of the molecule is CCC(C#CC(=O)O)=C(CC)C(=O)O. The Morgan fingerprint density at radius 3 is 1.93 bits per heavy atom. The van der Waals surface area contributed by atoms with E-state index in [2.05, 4.69) is 5.92 Å². The van der Waals surface area contributed by atoms with E-state index < -0.39 is 11.9 Å². The van der Waals surface area contributed by atoms with Crippen LogP contribution in [0.15, 0.2) is 11.1 Å². The number of aliphatic carboxylic acids is 2. The fourth-order valence-corrected chi connectivity index (χ4v) is 1.000. The Hall–Kier alpha value is -1.76. The lowest BCUT2D eigenvalue weighted by Crippen LogP contribution is -2.03.